The first-order valence-corrected chi connectivity index (χ1v) is 5.16. The van der Waals surface area contributed by atoms with E-state index in [9.17, 15) is 8.78 Å². The van der Waals surface area contributed by atoms with Crippen LogP contribution in [0.2, 0.25) is 0 Å². The predicted octanol–water partition coefficient (Wildman–Crippen LogP) is 2.53. The molecule has 0 bridgehead atoms. The Labute approximate surface area is 89.1 Å². The summed E-state index contributed by atoms with van der Waals surface area (Å²) in [4.78, 5) is 5.56. The molecule has 1 aliphatic rings. The third-order valence-electron chi connectivity index (χ3n) is 2.22. The Balaban J connectivity index is 2.24. The maximum Gasteiger partial charge on any atom is 0.166 e. The molecule has 1 aromatic rings. The molecule has 76 valence electrons. The molecule has 0 radical (unpaired) electrons. The van der Waals surface area contributed by atoms with Gasteiger partial charge in [-0.3, -0.25) is 0 Å². The van der Waals surface area contributed by atoms with E-state index in [2.05, 4.69) is 20.9 Å². The maximum absolute atomic E-state index is 13.4. The molecule has 1 saturated heterocycles. The molecule has 0 saturated carbocycles. The number of anilines is 1. The summed E-state index contributed by atoms with van der Waals surface area (Å²) in [5, 5.41) is 0. The number of pyridine rings is 1. The van der Waals surface area contributed by atoms with Crippen LogP contribution in [-0.4, -0.2) is 24.2 Å². The van der Waals surface area contributed by atoms with Crippen molar-refractivity contribution in [3.8, 4) is 0 Å². The first-order valence-electron chi connectivity index (χ1n) is 4.37. The molecule has 1 atom stereocenters. The summed E-state index contributed by atoms with van der Waals surface area (Å²) in [6.07, 6.45) is 1.11. The summed E-state index contributed by atoms with van der Waals surface area (Å²) in [6.45, 7) is 0.776. The van der Waals surface area contributed by atoms with Crippen molar-refractivity contribution in [3.05, 3.63) is 22.6 Å². The van der Waals surface area contributed by atoms with Gasteiger partial charge in [0.05, 0.1) is 6.54 Å². The van der Waals surface area contributed by atoms with E-state index in [1.54, 1.807) is 4.90 Å². The molecule has 0 N–H and O–H groups in total. The number of rotatable bonds is 1. The minimum Gasteiger partial charge on any atom is -0.351 e. The molecule has 0 aliphatic carbocycles. The van der Waals surface area contributed by atoms with Gasteiger partial charge < -0.3 is 4.90 Å². The fourth-order valence-corrected chi connectivity index (χ4v) is 1.85. The molecule has 0 spiro atoms. The van der Waals surface area contributed by atoms with Crippen molar-refractivity contribution < 1.29 is 8.78 Å². The van der Waals surface area contributed by atoms with Gasteiger partial charge in [0.25, 0.3) is 0 Å². The molecule has 2 heterocycles. The highest BCUT2D eigenvalue weighted by Crippen LogP contribution is 2.24. The van der Waals surface area contributed by atoms with Crippen LogP contribution in [0.5, 0.6) is 0 Å². The quantitative estimate of drug-likeness (QED) is 0.774. The third kappa shape index (κ3) is 1.87. The Morgan fingerprint density at radius 1 is 1.57 bits per heavy atom. The van der Waals surface area contributed by atoms with E-state index in [-0.39, 0.29) is 12.4 Å². The van der Waals surface area contributed by atoms with E-state index in [0.717, 1.165) is 0 Å². The van der Waals surface area contributed by atoms with E-state index in [1.807, 2.05) is 0 Å². The Kier molecular flexibility index (Phi) is 2.67. The summed E-state index contributed by atoms with van der Waals surface area (Å²) in [5.74, 6) is -0.165. The van der Waals surface area contributed by atoms with Crippen LogP contribution in [0, 0.1) is 5.82 Å². The zero-order chi connectivity index (χ0) is 10.1. The van der Waals surface area contributed by atoms with Crippen LogP contribution in [0.25, 0.3) is 0 Å². The van der Waals surface area contributed by atoms with Crippen LogP contribution in [0.4, 0.5) is 14.6 Å². The second kappa shape index (κ2) is 3.81. The lowest BCUT2D eigenvalue weighted by molar-refractivity contribution is 0.364. The monoisotopic (exact) mass is 262 g/mol. The first kappa shape index (κ1) is 9.83. The Bertz CT molecular complexity index is 346. The molecule has 2 nitrogen and oxygen atoms in total. The molecule has 0 aromatic carbocycles. The van der Waals surface area contributed by atoms with Crippen molar-refractivity contribution in [2.45, 2.75) is 12.6 Å². The topological polar surface area (TPSA) is 16.1 Å². The van der Waals surface area contributed by atoms with E-state index in [4.69, 9.17) is 0 Å². The minimum absolute atomic E-state index is 0.242. The molecule has 1 fully saturated rings. The van der Waals surface area contributed by atoms with Crippen LogP contribution >= 0.6 is 15.9 Å². The smallest absolute Gasteiger partial charge is 0.166 e. The van der Waals surface area contributed by atoms with Gasteiger partial charge in [-0.1, -0.05) is 0 Å². The number of alkyl halides is 1. The van der Waals surface area contributed by atoms with Crippen molar-refractivity contribution in [2.24, 2.45) is 0 Å². The summed E-state index contributed by atoms with van der Waals surface area (Å²) in [7, 11) is 0. The highest BCUT2D eigenvalue weighted by molar-refractivity contribution is 9.10. The molecular weight excluding hydrogens is 254 g/mol. The van der Waals surface area contributed by atoms with E-state index >= 15 is 0 Å². The van der Waals surface area contributed by atoms with Crippen LogP contribution in [0.1, 0.15) is 6.42 Å². The number of hydrogen-bond donors (Lipinski definition) is 0. The van der Waals surface area contributed by atoms with Gasteiger partial charge in [0.1, 0.15) is 6.17 Å². The van der Waals surface area contributed by atoms with Crippen LogP contribution in [0.15, 0.2) is 16.7 Å². The summed E-state index contributed by atoms with van der Waals surface area (Å²) < 4.78 is 26.8. The molecule has 1 aliphatic heterocycles. The molecule has 0 amide bonds. The second-order valence-electron chi connectivity index (χ2n) is 3.29. The van der Waals surface area contributed by atoms with Gasteiger partial charge >= 0.3 is 0 Å². The van der Waals surface area contributed by atoms with Crippen molar-refractivity contribution in [1.82, 2.24) is 4.98 Å². The number of hydrogen-bond acceptors (Lipinski definition) is 2. The number of nitrogens with zero attached hydrogens (tertiary/aromatic N) is 2. The van der Waals surface area contributed by atoms with Gasteiger partial charge in [-0.2, -0.15) is 0 Å². The second-order valence-corrected chi connectivity index (χ2v) is 4.21. The largest absolute Gasteiger partial charge is 0.351 e. The Morgan fingerprint density at radius 3 is 2.93 bits per heavy atom. The van der Waals surface area contributed by atoms with Crippen molar-refractivity contribution in [2.75, 3.05) is 18.0 Å². The molecule has 5 heteroatoms. The molecule has 1 unspecified atom stereocenters. The van der Waals surface area contributed by atoms with Gasteiger partial charge in [0, 0.05) is 17.2 Å². The van der Waals surface area contributed by atoms with Gasteiger partial charge in [0.2, 0.25) is 0 Å². The Morgan fingerprint density at radius 2 is 2.36 bits per heavy atom. The van der Waals surface area contributed by atoms with Gasteiger partial charge in [0.15, 0.2) is 11.6 Å². The fraction of sp³-hybridized carbons (Fsp3) is 0.444. The van der Waals surface area contributed by atoms with Crippen molar-refractivity contribution in [1.29, 1.82) is 0 Å². The average Bonchev–Trinajstić information content (AvgIpc) is 2.51. The standard InChI is InChI=1S/C9H9BrF2N2/c10-6-3-8(12)9(13-4-6)14-2-1-7(11)5-14/h3-4,7H,1-2,5H2. The molecular formula is C9H9BrF2N2. The highest BCUT2D eigenvalue weighted by atomic mass is 79.9. The van der Waals surface area contributed by atoms with Crippen molar-refractivity contribution >= 4 is 21.7 Å². The normalized spacial score (nSPS) is 21.6. The van der Waals surface area contributed by atoms with Gasteiger partial charge in [-0.25, -0.2) is 13.8 Å². The number of aromatic nitrogens is 1. The lowest BCUT2D eigenvalue weighted by atomic mass is 10.3. The van der Waals surface area contributed by atoms with Gasteiger partial charge in [-0.15, -0.1) is 0 Å². The molecule has 14 heavy (non-hydrogen) atoms. The van der Waals surface area contributed by atoms with E-state index in [0.29, 0.717) is 17.4 Å². The average molecular weight is 263 g/mol. The number of halogens is 3. The third-order valence-corrected chi connectivity index (χ3v) is 2.65. The summed E-state index contributed by atoms with van der Waals surface area (Å²) in [5.41, 5.74) is 0. The first-order chi connectivity index (χ1) is 6.66. The SMILES string of the molecule is Fc1cc(Br)cnc1N1CCC(F)C1. The highest BCUT2D eigenvalue weighted by Gasteiger charge is 2.24. The zero-order valence-corrected chi connectivity index (χ0v) is 8.97. The molecule has 1 aromatic heterocycles. The van der Waals surface area contributed by atoms with Crippen molar-refractivity contribution in [3.63, 3.8) is 0 Å². The Hall–Kier alpha value is -0.710. The minimum atomic E-state index is -0.861. The summed E-state index contributed by atoms with van der Waals surface area (Å²) in [6, 6.07) is 1.34. The summed E-state index contributed by atoms with van der Waals surface area (Å²) >= 11 is 3.12. The molecule has 2 rings (SSSR count). The fourth-order valence-electron chi connectivity index (χ4n) is 1.55. The van der Waals surface area contributed by atoms with Crippen LogP contribution in [0.3, 0.4) is 0 Å². The van der Waals surface area contributed by atoms with Crippen LogP contribution in [-0.2, 0) is 0 Å². The van der Waals surface area contributed by atoms with E-state index in [1.165, 1.54) is 12.3 Å². The lowest BCUT2D eigenvalue weighted by Crippen LogP contribution is -2.22. The van der Waals surface area contributed by atoms with E-state index < -0.39 is 12.0 Å². The predicted molar refractivity (Wildman–Crippen MR) is 53.6 cm³/mol. The van der Waals surface area contributed by atoms with Crippen LogP contribution < -0.4 is 4.90 Å². The lowest BCUT2D eigenvalue weighted by Gasteiger charge is -2.16. The maximum atomic E-state index is 13.4. The zero-order valence-electron chi connectivity index (χ0n) is 7.38. The van der Waals surface area contributed by atoms with Gasteiger partial charge in [-0.05, 0) is 28.4 Å².